The van der Waals surface area contributed by atoms with E-state index in [0.717, 1.165) is 100 Å². The van der Waals surface area contributed by atoms with Crippen molar-refractivity contribution in [1.29, 1.82) is 5.26 Å². The SMILES string of the molecule is CCN1CCN(c2cc(N3CCNCC3)cc(-c3noc(C4(C)CCCc5sc(N)c(C#N)c54)n3)n2)CC1. The monoisotopic (exact) mass is 533 g/mol. The van der Waals surface area contributed by atoms with E-state index >= 15 is 0 Å². The van der Waals surface area contributed by atoms with Gasteiger partial charge in [0.1, 0.15) is 22.6 Å². The summed E-state index contributed by atoms with van der Waals surface area (Å²) >= 11 is 1.51. The molecule has 2 saturated heterocycles. The summed E-state index contributed by atoms with van der Waals surface area (Å²) in [5, 5.41) is 18.3. The first kappa shape index (κ1) is 25.1. The quantitative estimate of drug-likeness (QED) is 0.506. The van der Waals surface area contributed by atoms with E-state index in [2.05, 4.69) is 57.2 Å². The topological polar surface area (TPSA) is 123 Å². The fourth-order valence-corrected chi connectivity index (χ4v) is 7.23. The summed E-state index contributed by atoms with van der Waals surface area (Å²) in [4.78, 5) is 18.3. The first-order valence-corrected chi connectivity index (χ1v) is 14.4. The van der Waals surface area contributed by atoms with Crippen LogP contribution >= 0.6 is 11.3 Å². The van der Waals surface area contributed by atoms with Crippen molar-refractivity contribution in [3.05, 3.63) is 34.0 Å². The number of hydrogen-bond acceptors (Lipinski definition) is 11. The normalized spacial score (nSPS) is 22.3. The first-order valence-electron chi connectivity index (χ1n) is 13.6. The third kappa shape index (κ3) is 4.40. The van der Waals surface area contributed by atoms with Crippen molar-refractivity contribution < 1.29 is 4.52 Å². The van der Waals surface area contributed by atoms with E-state index in [-0.39, 0.29) is 0 Å². The molecule has 3 aromatic rings. The van der Waals surface area contributed by atoms with Crippen LogP contribution < -0.4 is 20.9 Å². The lowest BCUT2D eigenvalue weighted by Crippen LogP contribution is -2.46. The zero-order valence-corrected chi connectivity index (χ0v) is 23.0. The number of nitrogen functional groups attached to an aromatic ring is 1. The average molecular weight is 534 g/mol. The van der Waals surface area contributed by atoms with Crippen LogP contribution in [0.2, 0.25) is 0 Å². The van der Waals surface area contributed by atoms with Crippen LogP contribution in [-0.4, -0.2) is 78.9 Å². The average Bonchev–Trinajstić information content (AvgIpc) is 3.59. The Kier molecular flexibility index (Phi) is 6.72. The lowest BCUT2D eigenvalue weighted by molar-refractivity contribution is 0.270. The minimum atomic E-state index is -0.548. The van der Waals surface area contributed by atoms with Crippen molar-refractivity contribution in [3.63, 3.8) is 0 Å². The van der Waals surface area contributed by atoms with Gasteiger partial charge in [0.05, 0.1) is 11.0 Å². The summed E-state index contributed by atoms with van der Waals surface area (Å²) in [5.41, 5.74) is 9.04. The zero-order chi connectivity index (χ0) is 26.3. The van der Waals surface area contributed by atoms with Gasteiger partial charge in [0.25, 0.3) is 0 Å². The molecular weight excluding hydrogens is 498 g/mol. The van der Waals surface area contributed by atoms with Gasteiger partial charge in [-0.25, -0.2) is 4.98 Å². The summed E-state index contributed by atoms with van der Waals surface area (Å²) in [5.74, 6) is 1.97. The molecule has 0 spiro atoms. The molecule has 0 radical (unpaired) electrons. The summed E-state index contributed by atoms with van der Waals surface area (Å²) < 4.78 is 5.94. The van der Waals surface area contributed by atoms with Crippen LogP contribution in [0.3, 0.4) is 0 Å². The number of nitrogens with two attached hydrogens (primary N) is 1. The van der Waals surface area contributed by atoms with Crippen LogP contribution in [0, 0.1) is 11.3 Å². The molecule has 0 bridgehead atoms. The Morgan fingerprint density at radius 1 is 1.13 bits per heavy atom. The van der Waals surface area contributed by atoms with E-state index in [0.29, 0.717) is 28.0 Å². The number of anilines is 3. The maximum absolute atomic E-state index is 9.85. The van der Waals surface area contributed by atoms with Gasteiger partial charge in [-0.15, -0.1) is 11.3 Å². The van der Waals surface area contributed by atoms with Crippen LogP contribution in [0.4, 0.5) is 16.5 Å². The summed E-state index contributed by atoms with van der Waals surface area (Å²) in [6.45, 7) is 13.1. The number of fused-ring (bicyclic) bond motifs is 1. The number of rotatable bonds is 5. The predicted octanol–water partition coefficient (Wildman–Crippen LogP) is 2.84. The van der Waals surface area contributed by atoms with Gasteiger partial charge in [0, 0.05) is 74.6 Å². The van der Waals surface area contributed by atoms with Gasteiger partial charge in [-0.3, -0.25) is 0 Å². The number of aromatic nitrogens is 3. The third-order valence-electron chi connectivity index (χ3n) is 8.30. The highest BCUT2D eigenvalue weighted by Crippen LogP contribution is 2.48. The van der Waals surface area contributed by atoms with E-state index in [1.165, 1.54) is 11.3 Å². The van der Waals surface area contributed by atoms with Crippen LogP contribution in [0.1, 0.15) is 48.6 Å². The molecule has 6 rings (SSSR count). The van der Waals surface area contributed by atoms with Gasteiger partial charge < -0.3 is 30.3 Å². The van der Waals surface area contributed by atoms with Crippen LogP contribution in [0.15, 0.2) is 16.7 Å². The van der Waals surface area contributed by atoms with Gasteiger partial charge in [0.2, 0.25) is 11.7 Å². The van der Waals surface area contributed by atoms with E-state index in [4.69, 9.17) is 20.2 Å². The molecule has 200 valence electrons. The standard InChI is InChI=1S/C27H35N9OS/c1-3-34-11-13-36(14-12-34)22-16-18(35-9-7-30-8-10-35)15-20(31-22)25-32-26(37-33-25)27(2)6-4-5-21-23(27)19(17-28)24(29)38-21/h15-16,30H,3-14,29H2,1-2H3. The molecule has 1 atom stereocenters. The maximum Gasteiger partial charge on any atom is 0.237 e. The number of piperazine rings is 2. The highest BCUT2D eigenvalue weighted by molar-refractivity contribution is 7.16. The molecule has 3 aliphatic rings. The lowest BCUT2D eigenvalue weighted by atomic mass is 9.72. The number of hydrogen-bond donors (Lipinski definition) is 2. The lowest BCUT2D eigenvalue weighted by Gasteiger charge is -2.36. The number of likely N-dealkylation sites (N-methyl/N-ethyl adjacent to an activating group) is 1. The Bertz CT molecular complexity index is 1350. The van der Waals surface area contributed by atoms with E-state index in [1.807, 2.05) is 0 Å². The molecule has 10 nitrogen and oxygen atoms in total. The molecule has 5 heterocycles. The molecule has 3 N–H and O–H groups in total. The molecule has 1 unspecified atom stereocenters. The second-order valence-electron chi connectivity index (χ2n) is 10.6. The van der Waals surface area contributed by atoms with Crippen LogP contribution in [0.5, 0.6) is 0 Å². The summed E-state index contributed by atoms with van der Waals surface area (Å²) in [6, 6.07) is 6.62. The Hall–Kier alpha value is -3.20. The molecule has 2 aliphatic heterocycles. The Morgan fingerprint density at radius 2 is 1.92 bits per heavy atom. The molecule has 3 aromatic heterocycles. The Morgan fingerprint density at radius 3 is 2.66 bits per heavy atom. The van der Waals surface area contributed by atoms with Crippen molar-refractivity contribution >= 4 is 27.8 Å². The third-order valence-corrected chi connectivity index (χ3v) is 9.38. The smallest absolute Gasteiger partial charge is 0.237 e. The predicted molar refractivity (Wildman–Crippen MR) is 150 cm³/mol. The molecule has 1 aliphatic carbocycles. The fraction of sp³-hybridized carbons (Fsp3) is 0.556. The van der Waals surface area contributed by atoms with Crippen molar-refractivity contribution in [1.82, 2.24) is 25.3 Å². The molecular formula is C27H35N9OS. The molecule has 0 amide bonds. The van der Waals surface area contributed by atoms with Gasteiger partial charge >= 0.3 is 0 Å². The summed E-state index contributed by atoms with van der Waals surface area (Å²) in [7, 11) is 0. The number of nitriles is 1. The highest BCUT2D eigenvalue weighted by atomic mass is 32.1. The van der Waals surface area contributed by atoms with E-state index in [9.17, 15) is 5.26 Å². The van der Waals surface area contributed by atoms with Crippen molar-refractivity contribution in [3.8, 4) is 17.6 Å². The second kappa shape index (κ2) is 10.2. The maximum atomic E-state index is 9.85. The van der Waals surface area contributed by atoms with E-state index in [1.54, 1.807) is 0 Å². The Labute approximate surface area is 227 Å². The van der Waals surface area contributed by atoms with E-state index < -0.39 is 5.41 Å². The number of thiophene rings is 1. The number of nitrogens with one attached hydrogen (secondary N) is 1. The van der Waals surface area contributed by atoms with Gasteiger partial charge in [-0.1, -0.05) is 12.1 Å². The fourth-order valence-electron chi connectivity index (χ4n) is 6.04. The van der Waals surface area contributed by atoms with Crippen molar-refractivity contribution in [2.75, 3.05) is 74.4 Å². The minimum absolute atomic E-state index is 0.487. The Balaban J connectivity index is 1.38. The molecule has 11 heteroatoms. The number of pyridine rings is 1. The molecule has 2 fully saturated rings. The van der Waals surface area contributed by atoms with Gasteiger partial charge in [-0.2, -0.15) is 10.2 Å². The number of nitrogens with zero attached hydrogens (tertiary/aromatic N) is 7. The van der Waals surface area contributed by atoms with Crippen molar-refractivity contribution in [2.45, 2.75) is 38.5 Å². The molecule has 38 heavy (non-hydrogen) atoms. The van der Waals surface area contributed by atoms with Gasteiger partial charge in [-0.05, 0) is 38.8 Å². The molecule has 0 aromatic carbocycles. The van der Waals surface area contributed by atoms with Crippen LogP contribution in [-0.2, 0) is 11.8 Å². The largest absolute Gasteiger partial charge is 0.389 e. The highest BCUT2D eigenvalue weighted by Gasteiger charge is 2.43. The summed E-state index contributed by atoms with van der Waals surface area (Å²) in [6.07, 6.45) is 2.73. The minimum Gasteiger partial charge on any atom is -0.389 e. The molecule has 0 saturated carbocycles. The zero-order valence-electron chi connectivity index (χ0n) is 22.2. The first-order chi connectivity index (χ1) is 18.5. The van der Waals surface area contributed by atoms with Crippen LogP contribution in [0.25, 0.3) is 11.5 Å². The van der Waals surface area contributed by atoms with Crippen molar-refractivity contribution in [2.24, 2.45) is 0 Å². The second-order valence-corrected chi connectivity index (χ2v) is 11.7. The van der Waals surface area contributed by atoms with Gasteiger partial charge in [0.15, 0.2) is 0 Å². The number of aryl methyl sites for hydroxylation is 1.